The number of carbonyl (C=O) groups is 1. The Morgan fingerprint density at radius 3 is 2.82 bits per heavy atom. The number of halogens is 1. The van der Waals surface area contributed by atoms with Crippen LogP contribution in [0.1, 0.15) is 10.4 Å². The van der Waals surface area contributed by atoms with Crippen molar-refractivity contribution >= 4 is 23.1 Å². The van der Waals surface area contributed by atoms with E-state index in [4.69, 9.17) is 10.5 Å². The van der Waals surface area contributed by atoms with E-state index in [-0.39, 0.29) is 16.9 Å². The fourth-order valence-electron chi connectivity index (χ4n) is 2.81. The third-order valence-corrected chi connectivity index (χ3v) is 4.17. The monoisotopic (exact) mass is 378 g/mol. The Hall–Kier alpha value is -4.01. The number of nitrogens with zero attached hydrogens (tertiary/aromatic N) is 4. The summed E-state index contributed by atoms with van der Waals surface area (Å²) in [5.74, 6) is -0.0185. The second-order valence-electron chi connectivity index (χ2n) is 5.89. The molecule has 0 aliphatic carbocycles. The zero-order chi connectivity index (χ0) is 19.7. The zero-order valence-corrected chi connectivity index (χ0v) is 14.8. The normalized spacial score (nSPS) is 10.8. The number of hydrogen-bond donors (Lipinski definition) is 2. The van der Waals surface area contributed by atoms with E-state index >= 15 is 0 Å². The van der Waals surface area contributed by atoms with Gasteiger partial charge in [0.05, 0.1) is 7.11 Å². The minimum atomic E-state index is -0.602. The molecule has 0 radical (unpaired) electrons. The number of imidazole rings is 1. The number of benzene rings is 1. The summed E-state index contributed by atoms with van der Waals surface area (Å²) in [5.41, 5.74) is 7.11. The largest absolute Gasteiger partial charge is 0.497 e. The van der Waals surface area contributed by atoms with Crippen molar-refractivity contribution < 1.29 is 13.9 Å². The van der Waals surface area contributed by atoms with Crippen molar-refractivity contribution in [2.24, 2.45) is 0 Å². The first kappa shape index (κ1) is 17.4. The number of ether oxygens (including phenoxy) is 1. The van der Waals surface area contributed by atoms with Crippen LogP contribution in [0.5, 0.6) is 5.75 Å². The third kappa shape index (κ3) is 3.09. The Morgan fingerprint density at radius 1 is 1.18 bits per heavy atom. The van der Waals surface area contributed by atoms with E-state index in [2.05, 4.69) is 20.3 Å². The quantitative estimate of drug-likeness (QED) is 0.565. The van der Waals surface area contributed by atoms with Crippen LogP contribution in [0.4, 0.5) is 16.0 Å². The van der Waals surface area contributed by atoms with Gasteiger partial charge in [0.25, 0.3) is 5.91 Å². The second kappa shape index (κ2) is 6.95. The van der Waals surface area contributed by atoms with Gasteiger partial charge in [-0.3, -0.25) is 4.79 Å². The van der Waals surface area contributed by atoms with Crippen molar-refractivity contribution in [1.29, 1.82) is 0 Å². The highest BCUT2D eigenvalue weighted by Crippen LogP contribution is 2.29. The maximum absolute atomic E-state index is 14.8. The molecule has 3 N–H and O–H groups in total. The van der Waals surface area contributed by atoms with Crippen molar-refractivity contribution in [2.45, 2.75) is 0 Å². The molecule has 1 aromatic carbocycles. The van der Waals surface area contributed by atoms with Gasteiger partial charge in [0.15, 0.2) is 0 Å². The number of methoxy groups -OCH3 is 1. The van der Waals surface area contributed by atoms with Crippen LogP contribution in [0.3, 0.4) is 0 Å². The van der Waals surface area contributed by atoms with Gasteiger partial charge in [-0.1, -0.05) is 0 Å². The molecule has 3 aromatic heterocycles. The lowest BCUT2D eigenvalue weighted by Crippen LogP contribution is -2.13. The third-order valence-electron chi connectivity index (χ3n) is 4.17. The predicted octanol–water partition coefficient (Wildman–Crippen LogP) is 2.77. The number of anilines is 2. The predicted molar refractivity (Wildman–Crippen MR) is 102 cm³/mol. The number of fused-ring (bicyclic) bond motifs is 1. The fraction of sp³-hybridized carbons (Fsp3) is 0.0526. The lowest BCUT2D eigenvalue weighted by molar-refractivity contribution is 0.102. The van der Waals surface area contributed by atoms with E-state index in [9.17, 15) is 9.18 Å². The highest BCUT2D eigenvalue weighted by atomic mass is 19.1. The molecule has 0 aliphatic rings. The molecule has 0 fully saturated rings. The molecule has 1 amide bonds. The van der Waals surface area contributed by atoms with E-state index in [1.54, 1.807) is 22.7 Å². The Morgan fingerprint density at radius 2 is 2.04 bits per heavy atom. The van der Waals surface area contributed by atoms with Crippen molar-refractivity contribution in [3.8, 4) is 17.0 Å². The van der Waals surface area contributed by atoms with Crippen LogP contribution in [-0.2, 0) is 0 Å². The van der Waals surface area contributed by atoms with Crippen LogP contribution in [0.25, 0.3) is 16.8 Å². The van der Waals surface area contributed by atoms with Crippen molar-refractivity contribution in [2.75, 3.05) is 18.2 Å². The molecular weight excluding hydrogens is 363 g/mol. The standard InChI is InChI=1S/C19H15FN6O2/c1-28-12-4-5-22-15(9-12)25-19(27)11-2-3-13(14(20)8-11)16-17-18(21)23-6-7-26(17)10-24-16/h2-10H,1H3,(H2,21,23)(H,22,25,27). The van der Waals surface area contributed by atoms with Gasteiger partial charge in [0, 0.05) is 35.8 Å². The minimum absolute atomic E-state index is 0.139. The van der Waals surface area contributed by atoms with E-state index in [0.29, 0.717) is 22.8 Å². The fourth-order valence-corrected chi connectivity index (χ4v) is 2.81. The van der Waals surface area contributed by atoms with Crippen LogP contribution in [0.2, 0.25) is 0 Å². The topological polar surface area (TPSA) is 107 Å². The minimum Gasteiger partial charge on any atom is -0.497 e. The number of nitrogens with two attached hydrogens (primary N) is 1. The molecule has 0 unspecified atom stereocenters. The Kier molecular flexibility index (Phi) is 4.32. The Balaban J connectivity index is 1.65. The molecule has 140 valence electrons. The molecule has 4 rings (SSSR count). The summed E-state index contributed by atoms with van der Waals surface area (Å²) in [5, 5.41) is 2.61. The summed E-state index contributed by atoms with van der Waals surface area (Å²) in [7, 11) is 1.51. The van der Waals surface area contributed by atoms with E-state index in [1.165, 1.54) is 38.0 Å². The number of pyridine rings is 1. The number of aromatic nitrogens is 4. The maximum Gasteiger partial charge on any atom is 0.256 e. The van der Waals surface area contributed by atoms with Crippen molar-refractivity contribution in [3.63, 3.8) is 0 Å². The highest BCUT2D eigenvalue weighted by molar-refractivity contribution is 6.04. The van der Waals surface area contributed by atoms with Gasteiger partial charge in [-0.05, 0) is 24.3 Å². The Bertz CT molecular complexity index is 1190. The molecule has 8 nitrogen and oxygen atoms in total. The van der Waals surface area contributed by atoms with Gasteiger partial charge in [0.2, 0.25) is 0 Å². The van der Waals surface area contributed by atoms with Crippen LogP contribution in [0, 0.1) is 5.82 Å². The number of nitrogen functional groups attached to an aromatic ring is 1. The molecule has 0 saturated carbocycles. The van der Waals surface area contributed by atoms with Crippen LogP contribution in [-0.4, -0.2) is 32.4 Å². The summed E-state index contributed by atoms with van der Waals surface area (Å²) in [6.45, 7) is 0. The molecule has 0 spiro atoms. The summed E-state index contributed by atoms with van der Waals surface area (Å²) < 4.78 is 21.5. The van der Waals surface area contributed by atoms with Crippen molar-refractivity contribution in [3.05, 3.63) is 66.6 Å². The molecule has 0 saturated heterocycles. The molecule has 4 aromatic rings. The second-order valence-corrected chi connectivity index (χ2v) is 5.89. The SMILES string of the molecule is COc1ccnc(NC(=O)c2ccc(-c3ncn4ccnc(N)c34)c(F)c2)c1. The number of carbonyl (C=O) groups excluding carboxylic acids is 1. The van der Waals surface area contributed by atoms with Gasteiger partial charge in [0.1, 0.15) is 40.7 Å². The van der Waals surface area contributed by atoms with Gasteiger partial charge < -0.3 is 20.2 Å². The number of hydrogen-bond acceptors (Lipinski definition) is 6. The van der Waals surface area contributed by atoms with E-state index in [1.807, 2.05) is 0 Å². The summed E-state index contributed by atoms with van der Waals surface area (Å²) in [6.07, 6.45) is 6.23. The molecule has 9 heteroatoms. The molecule has 0 aliphatic heterocycles. The average Bonchev–Trinajstić information content (AvgIpc) is 3.13. The van der Waals surface area contributed by atoms with E-state index in [0.717, 1.165) is 6.07 Å². The van der Waals surface area contributed by atoms with Gasteiger partial charge in [-0.25, -0.2) is 19.3 Å². The van der Waals surface area contributed by atoms with Crippen LogP contribution >= 0.6 is 0 Å². The number of rotatable bonds is 4. The van der Waals surface area contributed by atoms with Crippen LogP contribution < -0.4 is 15.8 Å². The lowest BCUT2D eigenvalue weighted by atomic mass is 10.1. The summed E-state index contributed by atoms with van der Waals surface area (Å²) in [6, 6.07) is 7.35. The number of nitrogens with one attached hydrogen (secondary N) is 1. The molecule has 0 atom stereocenters. The van der Waals surface area contributed by atoms with Gasteiger partial charge in [-0.2, -0.15) is 0 Å². The first-order valence-electron chi connectivity index (χ1n) is 8.25. The molecule has 0 bridgehead atoms. The van der Waals surface area contributed by atoms with E-state index < -0.39 is 11.7 Å². The first-order valence-corrected chi connectivity index (χ1v) is 8.25. The summed E-state index contributed by atoms with van der Waals surface area (Å²) >= 11 is 0. The molecule has 28 heavy (non-hydrogen) atoms. The zero-order valence-electron chi connectivity index (χ0n) is 14.8. The highest BCUT2D eigenvalue weighted by Gasteiger charge is 2.17. The van der Waals surface area contributed by atoms with Gasteiger partial charge in [-0.15, -0.1) is 0 Å². The van der Waals surface area contributed by atoms with Gasteiger partial charge >= 0.3 is 0 Å². The van der Waals surface area contributed by atoms with Crippen molar-refractivity contribution in [1.82, 2.24) is 19.4 Å². The van der Waals surface area contributed by atoms with Crippen LogP contribution in [0.15, 0.2) is 55.2 Å². The first-order chi connectivity index (χ1) is 13.6. The maximum atomic E-state index is 14.8. The number of amides is 1. The molecular formula is C19H15FN6O2. The Labute approximate surface area is 158 Å². The average molecular weight is 378 g/mol. The molecule has 3 heterocycles. The lowest BCUT2D eigenvalue weighted by Gasteiger charge is -2.08. The summed E-state index contributed by atoms with van der Waals surface area (Å²) in [4.78, 5) is 24.7. The smallest absolute Gasteiger partial charge is 0.256 e.